The molecule has 0 saturated carbocycles. The van der Waals surface area contributed by atoms with Crippen molar-refractivity contribution in [2.24, 2.45) is 0 Å². The number of carbonyl (C=O) groups excluding carboxylic acids is 1. The number of aromatic nitrogens is 1. The van der Waals surface area contributed by atoms with Crippen LogP contribution in [0.15, 0.2) is 67.0 Å². The molecule has 5 nitrogen and oxygen atoms in total. The Balaban J connectivity index is 1.35. The Kier molecular flexibility index (Phi) is 7.86. The lowest BCUT2D eigenvalue weighted by Crippen LogP contribution is -2.33. The molecular weight excluding hydrogens is 436 g/mol. The SMILES string of the molecule is CC(C)c1ccc(C[C@@]2(C)Cc3cc(CCC(=O)N(CCO)Cc4ccncc4)ccc3O2)cc1. The van der Waals surface area contributed by atoms with Crippen molar-refractivity contribution in [3.8, 4) is 5.75 Å². The van der Waals surface area contributed by atoms with E-state index in [9.17, 15) is 9.90 Å². The Labute approximate surface area is 208 Å². The van der Waals surface area contributed by atoms with E-state index in [1.807, 2.05) is 18.2 Å². The number of aliphatic hydroxyl groups is 1. The molecular formula is C30H36N2O3. The topological polar surface area (TPSA) is 62.7 Å². The summed E-state index contributed by atoms with van der Waals surface area (Å²) >= 11 is 0. The Bertz CT molecular complexity index is 1130. The molecule has 1 aliphatic heterocycles. The molecule has 0 fully saturated rings. The second kappa shape index (κ2) is 11.0. The number of fused-ring (bicyclic) bond motifs is 1. The summed E-state index contributed by atoms with van der Waals surface area (Å²) in [6.45, 7) is 7.36. The van der Waals surface area contributed by atoms with Crippen molar-refractivity contribution in [2.75, 3.05) is 13.2 Å². The molecule has 1 aliphatic rings. The molecule has 4 rings (SSSR count). The molecule has 1 N–H and O–H groups in total. The van der Waals surface area contributed by atoms with Gasteiger partial charge in [0.05, 0.1) is 6.61 Å². The van der Waals surface area contributed by atoms with Gasteiger partial charge >= 0.3 is 0 Å². The zero-order valence-corrected chi connectivity index (χ0v) is 21.0. The maximum Gasteiger partial charge on any atom is 0.223 e. The summed E-state index contributed by atoms with van der Waals surface area (Å²) in [5, 5.41) is 9.43. The highest BCUT2D eigenvalue weighted by Crippen LogP contribution is 2.37. The maximum absolute atomic E-state index is 12.9. The van der Waals surface area contributed by atoms with Crippen molar-refractivity contribution in [1.82, 2.24) is 9.88 Å². The van der Waals surface area contributed by atoms with Crippen molar-refractivity contribution in [1.29, 1.82) is 0 Å². The molecule has 35 heavy (non-hydrogen) atoms. The van der Waals surface area contributed by atoms with Gasteiger partial charge in [0.25, 0.3) is 0 Å². The van der Waals surface area contributed by atoms with Crippen LogP contribution in [0.1, 0.15) is 60.9 Å². The van der Waals surface area contributed by atoms with Crippen LogP contribution in [-0.4, -0.2) is 39.7 Å². The number of rotatable bonds is 10. The highest BCUT2D eigenvalue weighted by Gasteiger charge is 2.35. The number of nitrogens with zero attached hydrogens (tertiary/aromatic N) is 2. The van der Waals surface area contributed by atoms with Crippen molar-refractivity contribution in [2.45, 2.75) is 64.5 Å². The molecule has 0 aliphatic carbocycles. The van der Waals surface area contributed by atoms with Gasteiger partial charge in [-0.1, -0.05) is 50.2 Å². The van der Waals surface area contributed by atoms with Crippen molar-refractivity contribution in [3.05, 3.63) is 94.8 Å². The van der Waals surface area contributed by atoms with E-state index in [1.165, 1.54) is 16.7 Å². The largest absolute Gasteiger partial charge is 0.487 e. The molecule has 0 saturated heterocycles. The van der Waals surface area contributed by atoms with Crippen LogP contribution in [0.2, 0.25) is 0 Å². The van der Waals surface area contributed by atoms with E-state index in [2.05, 4.69) is 62.2 Å². The molecule has 3 aromatic rings. The van der Waals surface area contributed by atoms with Gasteiger partial charge in [0.15, 0.2) is 0 Å². The van der Waals surface area contributed by atoms with Crippen LogP contribution in [-0.2, 0) is 30.6 Å². The van der Waals surface area contributed by atoms with E-state index < -0.39 is 0 Å². The Morgan fingerprint density at radius 1 is 1.06 bits per heavy atom. The van der Waals surface area contributed by atoms with Gasteiger partial charge < -0.3 is 14.7 Å². The predicted molar refractivity (Wildman–Crippen MR) is 138 cm³/mol. The Morgan fingerprint density at radius 3 is 2.46 bits per heavy atom. The molecule has 5 heteroatoms. The van der Waals surface area contributed by atoms with E-state index in [4.69, 9.17) is 4.74 Å². The van der Waals surface area contributed by atoms with Gasteiger partial charge in [0, 0.05) is 44.7 Å². The minimum Gasteiger partial charge on any atom is -0.487 e. The van der Waals surface area contributed by atoms with Crippen molar-refractivity contribution in [3.63, 3.8) is 0 Å². The summed E-state index contributed by atoms with van der Waals surface area (Å²) in [4.78, 5) is 18.6. The third kappa shape index (κ3) is 6.49. The molecule has 2 heterocycles. The van der Waals surface area contributed by atoms with Gasteiger partial charge in [-0.2, -0.15) is 0 Å². The molecule has 0 bridgehead atoms. The molecule has 184 valence electrons. The Morgan fingerprint density at radius 2 is 1.77 bits per heavy atom. The minimum absolute atomic E-state index is 0.0438. The molecule has 0 spiro atoms. The number of benzene rings is 2. The first kappa shape index (κ1) is 24.9. The van der Waals surface area contributed by atoms with E-state index in [0.717, 1.165) is 29.7 Å². The molecule has 0 radical (unpaired) electrons. The van der Waals surface area contributed by atoms with Crippen molar-refractivity contribution < 1.29 is 14.6 Å². The Hall–Kier alpha value is -3.18. The van der Waals surface area contributed by atoms with E-state index in [-0.39, 0.29) is 18.1 Å². The first-order valence-electron chi connectivity index (χ1n) is 12.5. The van der Waals surface area contributed by atoms with E-state index >= 15 is 0 Å². The molecule has 1 aromatic heterocycles. The van der Waals surface area contributed by atoms with Crippen LogP contribution in [0, 0.1) is 0 Å². The summed E-state index contributed by atoms with van der Waals surface area (Å²) in [7, 11) is 0. The molecule has 0 unspecified atom stereocenters. The normalized spacial score (nSPS) is 16.7. The number of hydrogen-bond donors (Lipinski definition) is 1. The second-order valence-electron chi connectivity index (χ2n) is 10.1. The lowest BCUT2D eigenvalue weighted by atomic mass is 9.90. The standard InChI is InChI=1S/C30H36N2O3/c1-22(2)26-8-4-24(5-9-26)19-30(3)20-27-18-23(6-10-28(27)35-30)7-11-29(34)32(16-17-33)21-25-12-14-31-15-13-25/h4-6,8-10,12-15,18,22,33H,7,11,16-17,19-21H2,1-3H3/t30-/m0/s1. The fourth-order valence-corrected chi connectivity index (χ4v) is 4.81. The summed E-state index contributed by atoms with van der Waals surface area (Å²) in [5.74, 6) is 1.52. The molecule has 2 aromatic carbocycles. The van der Waals surface area contributed by atoms with Crippen LogP contribution in [0.3, 0.4) is 0 Å². The second-order valence-corrected chi connectivity index (χ2v) is 10.1. The minimum atomic E-state index is -0.265. The van der Waals surface area contributed by atoms with Crippen LogP contribution in [0.25, 0.3) is 0 Å². The van der Waals surface area contributed by atoms with Gasteiger partial charge in [-0.25, -0.2) is 0 Å². The van der Waals surface area contributed by atoms with E-state index in [0.29, 0.717) is 31.8 Å². The summed E-state index contributed by atoms with van der Waals surface area (Å²) in [5.41, 5.74) is 5.73. The van der Waals surface area contributed by atoms with Crippen LogP contribution >= 0.6 is 0 Å². The zero-order valence-electron chi connectivity index (χ0n) is 21.0. The summed E-state index contributed by atoms with van der Waals surface area (Å²) in [6, 6.07) is 19.0. The quantitative estimate of drug-likeness (QED) is 0.446. The van der Waals surface area contributed by atoms with Gasteiger partial charge in [-0.15, -0.1) is 0 Å². The molecule has 1 amide bonds. The number of ether oxygens (including phenoxy) is 1. The maximum atomic E-state index is 12.9. The van der Waals surface area contributed by atoms with Gasteiger partial charge in [-0.05, 0) is 65.3 Å². The summed E-state index contributed by atoms with van der Waals surface area (Å²) in [6.07, 6.45) is 6.23. The molecule has 1 atom stereocenters. The number of hydrogen-bond acceptors (Lipinski definition) is 4. The fourth-order valence-electron chi connectivity index (χ4n) is 4.81. The predicted octanol–water partition coefficient (Wildman–Crippen LogP) is 5.10. The smallest absolute Gasteiger partial charge is 0.223 e. The number of amides is 1. The fraction of sp³-hybridized carbons (Fsp3) is 0.400. The van der Waals surface area contributed by atoms with Crippen LogP contribution in [0.4, 0.5) is 0 Å². The lowest BCUT2D eigenvalue weighted by molar-refractivity contribution is -0.132. The number of aryl methyl sites for hydroxylation is 1. The number of pyridine rings is 1. The van der Waals surface area contributed by atoms with Gasteiger partial charge in [0.1, 0.15) is 11.4 Å². The first-order chi connectivity index (χ1) is 16.8. The zero-order chi connectivity index (χ0) is 24.8. The number of carbonyl (C=O) groups is 1. The van der Waals surface area contributed by atoms with Crippen molar-refractivity contribution >= 4 is 5.91 Å². The van der Waals surface area contributed by atoms with Crippen LogP contribution in [0.5, 0.6) is 5.75 Å². The lowest BCUT2D eigenvalue weighted by Gasteiger charge is -2.24. The third-order valence-corrected chi connectivity index (χ3v) is 6.74. The third-order valence-electron chi connectivity index (χ3n) is 6.74. The monoisotopic (exact) mass is 472 g/mol. The van der Waals surface area contributed by atoms with E-state index in [1.54, 1.807) is 17.3 Å². The first-order valence-corrected chi connectivity index (χ1v) is 12.5. The average molecular weight is 473 g/mol. The summed E-state index contributed by atoms with van der Waals surface area (Å²) < 4.78 is 6.39. The van der Waals surface area contributed by atoms with Gasteiger partial charge in [-0.3, -0.25) is 9.78 Å². The highest BCUT2D eigenvalue weighted by atomic mass is 16.5. The van der Waals surface area contributed by atoms with Crippen LogP contribution < -0.4 is 4.74 Å². The average Bonchev–Trinajstić information content (AvgIpc) is 3.18. The highest BCUT2D eigenvalue weighted by molar-refractivity contribution is 5.76. The van der Waals surface area contributed by atoms with Gasteiger partial charge in [0.2, 0.25) is 5.91 Å². The number of aliphatic hydroxyl groups excluding tert-OH is 1.